The van der Waals surface area contributed by atoms with Crippen molar-refractivity contribution in [3.63, 3.8) is 0 Å². The molecule has 2 atom stereocenters. The predicted octanol–water partition coefficient (Wildman–Crippen LogP) is -0.448. The summed E-state index contributed by atoms with van der Waals surface area (Å²) in [6, 6.07) is -0.00847. The number of rotatable bonds is 3. The summed E-state index contributed by atoms with van der Waals surface area (Å²) in [6.45, 7) is 3.61. The minimum atomic E-state index is -0.734. The van der Waals surface area contributed by atoms with E-state index in [-0.39, 0.29) is 6.04 Å². The standard InChI is InChI=1S/C7H16N4/c1-6(9)3-4-7(2,10)11-5-8/h3-6H,9-10H2,1-2H3,(H2,8,11). The molecule has 0 aromatic carbocycles. The van der Waals surface area contributed by atoms with Crippen LogP contribution in [0.3, 0.4) is 0 Å². The zero-order valence-electron chi connectivity index (χ0n) is 6.99. The molecule has 0 saturated heterocycles. The van der Waals surface area contributed by atoms with Crippen molar-refractivity contribution in [3.05, 3.63) is 12.2 Å². The van der Waals surface area contributed by atoms with Crippen LogP contribution >= 0.6 is 0 Å². The Hall–Kier alpha value is -0.870. The fourth-order valence-corrected chi connectivity index (χ4v) is 0.550. The van der Waals surface area contributed by atoms with Crippen molar-refractivity contribution < 1.29 is 0 Å². The molecule has 0 rings (SSSR count). The summed E-state index contributed by atoms with van der Waals surface area (Å²) in [7, 11) is 0. The Morgan fingerprint density at radius 2 is 2.09 bits per heavy atom. The van der Waals surface area contributed by atoms with Crippen LogP contribution in [-0.4, -0.2) is 18.0 Å². The average molecular weight is 156 g/mol. The van der Waals surface area contributed by atoms with Crippen molar-refractivity contribution in [2.24, 2.45) is 22.2 Å². The Kier molecular flexibility index (Phi) is 3.78. The number of hydrogen-bond acceptors (Lipinski definition) is 3. The summed E-state index contributed by atoms with van der Waals surface area (Å²) < 4.78 is 0. The molecule has 0 amide bonds. The fraction of sp³-hybridized carbons (Fsp3) is 0.571. The van der Waals surface area contributed by atoms with Crippen LogP contribution in [0.1, 0.15) is 13.8 Å². The topological polar surface area (TPSA) is 90.4 Å². The molecule has 0 heterocycles. The Morgan fingerprint density at radius 1 is 1.55 bits per heavy atom. The lowest BCUT2D eigenvalue weighted by Gasteiger charge is -2.13. The van der Waals surface area contributed by atoms with Gasteiger partial charge < -0.3 is 17.2 Å². The van der Waals surface area contributed by atoms with Gasteiger partial charge in [0.2, 0.25) is 0 Å². The van der Waals surface area contributed by atoms with Gasteiger partial charge in [0.1, 0.15) is 5.66 Å². The molecule has 0 aromatic heterocycles. The van der Waals surface area contributed by atoms with Crippen LogP contribution in [0.25, 0.3) is 0 Å². The maximum atomic E-state index is 5.66. The summed E-state index contributed by atoms with van der Waals surface area (Å²) in [5.41, 5.74) is 15.5. The first-order chi connectivity index (χ1) is 4.98. The van der Waals surface area contributed by atoms with Gasteiger partial charge in [-0.15, -0.1) is 0 Å². The van der Waals surface area contributed by atoms with Crippen LogP contribution in [0.15, 0.2) is 17.1 Å². The van der Waals surface area contributed by atoms with E-state index in [0.29, 0.717) is 0 Å². The third-order valence-corrected chi connectivity index (χ3v) is 1.09. The summed E-state index contributed by atoms with van der Waals surface area (Å²) in [6.07, 6.45) is 4.69. The smallest absolute Gasteiger partial charge is 0.125 e. The molecule has 0 aliphatic heterocycles. The molecule has 0 aromatic rings. The lowest BCUT2D eigenvalue weighted by molar-refractivity contribution is 0.618. The Labute approximate surface area is 67.2 Å². The van der Waals surface area contributed by atoms with Crippen LogP contribution in [0, 0.1) is 0 Å². The highest BCUT2D eigenvalue weighted by molar-refractivity contribution is 5.52. The van der Waals surface area contributed by atoms with E-state index in [0.717, 1.165) is 0 Å². The lowest BCUT2D eigenvalue weighted by atomic mass is 10.2. The molecular weight excluding hydrogens is 140 g/mol. The van der Waals surface area contributed by atoms with Gasteiger partial charge in [0.05, 0.1) is 6.34 Å². The third kappa shape index (κ3) is 5.57. The highest BCUT2D eigenvalue weighted by Crippen LogP contribution is 2.01. The lowest BCUT2D eigenvalue weighted by Crippen LogP contribution is -2.32. The van der Waals surface area contributed by atoms with E-state index in [9.17, 15) is 0 Å². The SMILES string of the molecule is CC(N)C=CC(C)(N)N=CN. The second-order valence-electron chi connectivity index (χ2n) is 2.72. The van der Waals surface area contributed by atoms with Crippen molar-refractivity contribution in [1.29, 1.82) is 0 Å². The average Bonchev–Trinajstić information content (AvgIpc) is 1.84. The zero-order valence-corrected chi connectivity index (χ0v) is 6.99. The first-order valence-corrected chi connectivity index (χ1v) is 3.47. The summed E-state index contributed by atoms with van der Waals surface area (Å²) in [5.74, 6) is 0. The van der Waals surface area contributed by atoms with E-state index in [1.807, 2.05) is 6.92 Å². The zero-order chi connectivity index (χ0) is 8.91. The van der Waals surface area contributed by atoms with E-state index < -0.39 is 5.66 Å². The predicted molar refractivity (Wildman–Crippen MR) is 48.1 cm³/mol. The van der Waals surface area contributed by atoms with Gasteiger partial charge >= 0.3 is 0 Å². The van der Waals surface area contributed by atoms with Crippen molar-refractivity contribution in [3.8, 4) is 0 Å². The summed E-state index contributed by atoms with van der Waals surface area (Å²) in [4.78, 5) is 3.82. The highest BCUT2D eigenvalue weighted by atomic mass is 15.0. The monoisotopic (exact) mass is 156 g/mol. The minimum Gasteiger partial charge on any atom is -0.390 e. The molecule has 4 heteroatoms. The van der Waals surface area contributed by atoms with Gasteiger partial charge in [-0.3, -0.25) is 4.99 Å². The van der Waals surface area contributed by atoms with Crippen molar-refractivity contribution in [2.75, 3.05) is 0 Å². The molecule has 0 aliphatic rings. The van der Waals surface area contributed by atoms with E-state index in [1.165, 1.54) is 6.34 Å². The summed E-state index contributed by atoms with van der Waals surface area (Å²) in [5, 5.41) is 0. The van der Waals surface area contributed by atoms with E-state index in [4.69, 9.17) is 17.2 Å². The molecule has 6 N–H and O–H groups in total. The second kappa shape index (κ2) is 4.10. The van der Waals surface area contributed by atoms with Crippen LogP contribution < -0.4 is 17.2 Å². The molecule has 64 valence electrons. The van der Waals surface area contributed by atoms with Crippen LogP contribution in [0.5, 0.6) is 0 Å². The maximum Gasteiger partial charge on any atom is 0.125 e. The molecule has 11 heavy (non-hydrogen) atoms. The third-order valence-electron chi connectivity index (χ3n) is 1.09. The Morgan fingerprint density at radius 3 is 2.45 bits per heavy atom. The van der Waals surface area contributed by atoms with Gasteiger partial charge in [0.15, 0.2) is 0 Å². The Balaban J connectivity index is 4.11. The summed E-state index contributed by atoms with van der Waals surface area (Å²) >= 11 is 0. The van der Waals surface area contributed by atoms with Gasteiger partial charge in [-0.25, -0.2) is 0 Å². The molecule has 0 spiro atoms. The van der Waals surface area contributed by atoms with Crippen LogP contribution in [-0.2, 0) is 0 Å². The minimum absolute atomic E-state index is 0.00847. The van der Waals surface area contributed by atoms with Gasteiger partial charge in [-0.1, -0.05) is 6.08 Å². The number of nitrogens with zero attached hydrogens (tertiary/aromatic N) is 1. The first kappa shape index (κ1) is 10.1. The van der Waals surface area contributed by atoms with E-state index in [2.05, 4.69) is 4.99 Å². The van der Waals surface area contributed by atoms with Crippen LogP contribution in [0.2, 0.25) is 0 Å². The second-order valence-corrected chi connectivity index (χ2v) is 2.72. The Bertz CT molecular complexity index is 158. The molecule has 0 bridgehead atoms. The largest absolute Gasteiger partial charge is 0.390 e. The van der Waals surface area contributed by atoms with Crippen molar-refractivity contribution in [1.82, 2.24) is 0 Å². The highest BCUT2D eigenvalue weighted by Gasteiger charge is 2.09. The molecule has 0 saturated carbocycles. The van der Waals surface area contributed by atoms with Gasteiger partial charge in [0.25, 0.3) is 0 Å². The molecule has 2 unspecified atom stereocenters. The molecule has 0 radical (unpaired) electrons. The van der Waals surface area contributed by atoms with Crippen molar-refractivity contribution in [2.45, 2.75) is 25.6 Å². The van der Waals surface area contributed by atoms with Gasteiger partial charge in [-0.2, -0.15) is 0 Å². The van der Waals surface area contributed by atoms with E-state index >= 15 is 0 Å². The molecule has 4 nitrogen and oxygen atoms in total. The van der Waals surface area contributed by atoms with Crippen molar-refractivity contribution >= 4 is 6.34 Å². The normalized spacial score (nSPS) is 20.7. The maximum absolute atomic E-state index is 5.66. The number of nitrogens with two attached hydrogens (primary N) is 3. The molecular formula is C7H16N4. The number of aliphatic imine (C=N–C) groups is 1. The molecule has 0 aliphatic carbocycles. The van der Waals surface area contributed by atoms with Gasteiger partial charge in [-0.05, 0) is 19.9 Å². The molecule has 0 fully saturated rings. The van der Waals surface area contributed by atoms with E-state index in [1.54, 1.807) is 19.1 Å². The van der Waals surface area contributed by atoms with Gasteiger partial charge in [0, 0.05) is 6.04 Å². The fourth-order valence-electron chi connectivity index (χ4n) is 0.550. The van der Waals surface area contributed by atoms with Crippen LogP contribution in [0.4, 0.5) is 0 Å². The number of hydrogen-bond donors (Lipinski definition) is 3. The quantitative estimate of drug-likeness (QED) is 0.294. The first-order valence-electron chi connectivity index (χ1n) is 3.47.